The Hall–Kier alpha value is -3.67. The number of carbonyl (C=O) groups excluding carboxylic acids is 1. The summed E-state index contributed by atoms with van der Waals surface area (Å²) in [5, 5.41) is 10.0. The van der Waals surface area contributed by atoms with Crippen molar-refractivity contribution in [3.63, 3.8) is 0 Å². The van der Waals surface area contributed by atoms with Crippen LogP contribution < -0.4 is 4.31 Å². The molecule has 33 heavy (non-hydrogen) atoms. The summed E-state index contributed by atoms with van der Waals surface area (Å²) in [6.07, 6.45) is 4.02. The maximum absolute atomic E-state index is 13.7. The van der Waals surface area contributed by atoms with E-state index in [4.69, 9.17) is 4.74 Å². The van der Waals surface area contributed by atoms with E-state index in [2.05, 4.69) is 15.0 Å². The second-order valence-corrected chi connectivity index (χ2v) is 10.1. The van der Waals surface area contributed by atoms with Gasteiger partial charge in [0.05, 0.1) is 11.2 Å². The van der Waals surface area contributed by atoms with Crippen molar-refractivity contribution in [1.82, 2.24) is 19.5 Å². The van der Waals surface area contributed by atoms with Crippen LogP contribution in [0.4, 0.5) is 10.7 Å². The van der Waals surface area contributed by atoms with Crippen molar-refractivity contribution in [3.05, 3.63) is 60.4 Å². The maximum Gasteiger partial charge on any atom is 0.421 e. The number of hydrogen-bond donors (Lipinski definition) is 2. The van der Waals surface area contributed by atoms with Crippen LogP contribution in [0, 0.1) is 6.92 Å². The number of aromatic amines is 1. The van der Waals surface area contributed by atoms with Crippen LogP contribution in [0.3, 0.4) is 0 Å². The molecule has 0 aliphatic rings. The van der Waals surface area contributed by atoms with Gasteiger partial charge >= 0.3 is 12.1 Å². The Labute approximate surface area is 191 Å². The van der Waals surface area contributed by atoms with Crippen molar-refractivity contribution in [2.45, 2.75) is 50.7 Å². The highest BCUT2D eigenvalue weighted by molar-refractivity contribution is 7.92. The van der Waals surface area contributed by atoms with E-state index in [1.807, 2.05) is 0 Å². The standard InChI is InChI=1S/C21H25N5O6S/c1-14-5-7-16(8-6-14)33(30,31)26(17(18(27)28)11-15-12-22-13-24-15)19-23-9-10-25(19)20(29)32-21(2,3)4/h5-10,12-13,17H,11H2,1-4H3,(H,22,24)(H,27,28)/t17-/m0/s1. The number of rotatable bonds is 7. The van der Waals surface area contributed by atoms with E-state index in [9.17, 15) is 23.1 Å². The Bertz CT molecular complexity index is 1230. The first-order valence-corrected chi connectivity index (χ1v) is 11.4. The Morgan fingerprint density at radius 1 is 1.24 bits per heavy atom. The molecule has 0 saturated heterocycles. The number of benzene rings is 1. The minimum absolute atomic E-state index is 0.150. The van der Waals surface area contributed by atoms with Crippen LogP contribution in [0.5, 0.6) is 0 Å². The predicted molar refractivity (Wildman–Crippen MR) is 118 cm³/mol. The summed E-state index contributed by atoms with van der Waals surface area (Å²) in [4.78, 5) is 35.6. The SMILES string of the molecule is Cc1ccc(S(=O)(=O)N(c2nccn2C(=O)OC(C)(C)C)[C@@H](Cc2cnc[nH]2)C(=O)O)cc1. The molecule has 2 N–H and O–H groups in total. The quantitative estimate of drug-likeness (QED) is 0.530. The summed E-state index contributed by atoms with van der Waals surface area (Å²) in [5.41, 5.74) is 0.339. The van der Waals surface area contributed by atoms with Crippen molar-refractivity contribution < 1.29 is 27.9 Å². The zero-order chi connectivity index (χ0) is 24.4. The molecule has 0 radical (unpaired) electrons. The Balaban J connectivity index is 2.18. The molecule has 0 saturated carbocycles. The van der Waals surface area contributed by atoms with Crippen LogP contribution in [0.15, 0.2) is 54.1 Å². The van der Waals surface area contributed by atoms with Gasteiger partial charge in [-0.3, -0.25) is 0 Å². The number of sulfonamides is 1. The van der Waals surface area contributed by atoms with Crippen LogP contribution in [0.2, 0.25) is 0 Å². The third-order valence-corrected chi connectivity index (χ3v) is 6.33. The van der Waals surface area contributed by atoms with Crippen LogP contribution in [-0.2, 0) is 26.0 Å². The number of carboxylic acid groups (broad SMARTS) is 1. The fraction of sp³-hybridized carbons (Fsp3) is 0.333. The van der Waals surface area contributed by atoms with E-state index in [0.29, 0.717) is 10.00 Å². The molecule has 176 valence electrons. The third kappa shape index (κ3) is 5.40. The van der Waals surface area contributed by atoms with Crippen molar-refractivity contribution >= 4 is 28.0 Å². The molecule has 3 rings (SSSR count). The summed E-state index contributed by atoms with van der Waals surface area (Å²) in [5.74, 6) is -1.84. The molecule has 0 fully saturated rings. The average Bonchev–Trinajstić information content (AvgIpc) is 3.38. The van der Waals surface area contributed by atoms with Gasteiger partial charge in [-0.1, -0.05) is 17.7 Å². The number of H-pyrrole nitrogens is 1. The number of anilines is 1. The van der Waals surface area contributed by atoms with Gasteiger partial charge in [0.1, 0.15) is 5.60 Å². The van der Waals surface area contributed by atoms with E-state index in [-0.39, 0.29) is 11.3 Å². The molecule has 0 aliphatic carbocycles. The summed E-state index contributed by atoms with van der Waals surface area (Å²) < 4.78 is 34.3. The molecule has 0 unspecified atom stereocenters. The fourth-order valence-electron chi connectivity index (χ4n) is 3.03. The zero-order valence-corrected chi connectivity index (χ0v) is 19.4. The van der Waals surface area contributed by atoms with Gasteiger partial charge in [-0.2, -0.15) is 0 Å². The lowest BCUT2D eigenvalue weighted by atomic mass is 10.1. The van der Waals surface area contributed by atoms with E-state index in [0.717, 1.165) is 10.1 Å². The number of carbonyl (C=O) groups is 2. The van der Waals surface area contributed by atoms with Gasteiger partial charge in [-0.05, 0) is 39.8 Å². The number of carboxylic acids is 1. The largest absolute Gasteiger partial charge is 0.480 e. The van der Waals surface area contributed by atoms with Gasteiger partial charge < -0.3 is 14.8 Å². The highest BCUT2D eigenvalue weighted by Gasteiger charge is 2.40. The van der Waals surface area contributed by atoms with Crippen molar-refractivity contribution in [1.29, 1.82) is 0 Å². The van der Waals surface area contributed by atoms with Crippen molar-refractivity contribution in [3.8, 4) is 0 Å². The van der Waals surface area contributed by atoms with Gasteiger partial charge in [0, 0.05) is 30.7 Å². The highest BCUT2D eigenvalue weighted by atomic mass is 32.2. The van der Waals surface area contributed by atoms with E-state index >= 15 is 0 Å². The predicted octanol–water partition coefficient (Wildman–Crippen LogP) is 2.59. The van der Waals surface area contributed by atoms with E-state index in [1.54, 1.807) is 39.8 Å². The lowest BCUT2D eigenvalue weighted by Crippen LogP contribution is -2.48. The normalized spacial score (nSPS) is 12.8. The average molecular weight is 476 g/mol. The molecule has 0 amide bonds. The Morgan fingerprint density at radius 2 is 1.91 bits per heavy atom. The molecule has 0 aliphatic heterocycles. The molecular formula is C21H25N5O6S. The molecule has 1 aromatic carbocycles. The molecule has 0 spiro atoms. The van der Waals surface area contributed by atoms with Gasteiger partial charge in [0.15, 0.2) is 6.04 Å². The molecule has 1 atom stereocenters. The third-order valence-electron chi connectivity index (χ3n) is 4.52. The first-order valence-electron chi connectivity index (χ1n) is 9.98. The van der Waals surface area contributed by atoms with Crippen LogP contribution in [-0.4, -0.2) is 56.7 Å². The first-order chi connectivity index (χ1) is 15.4. The summed E-state index contributed by atoms with van der Waals surface area (Å²) in [6.45, 7) is 6.75. The highest BCUT2D eigenvalue weighted by Crippen LogP contribution is 2.28. The first kappa shape index (κ1) is 24.0. The summed E-state index contributed by atoms with van der Waals surface area (Å²) in [7, 11) is -4.46. The summed E-state index contributed by atoms with van der Waals surface area (Å²) in [6, 6.07) is 4.29. The lowest BCUT2D eigenvalue weighted by molar-refractivity contribution is -0.138. The minimum Gasteiger partial charge on any atom is -0.480 e. The minimum atomic E-state index is -4.46. The molecule has 2 heterocycles. The second kappa shape index (κ2) is 9.06. The molecular weight excluding hydrogens is 450 g/mol. The monoisotopic (exact) mass is 475 g/mol. The van der Waals surface area contributed by atoms with Crippen molar-refractivity contribution in [2.75, 3.05) is 4.31 Å². The number of nitrogens with zero attached hydrogens (tertiary/aromatic N) is 4. The smallest absolute Gasteiger partial charge is 0.421 e. The topological polar surface area (TPSA) is 147 Å². The molecule has 12 heteroatoms. The van der Waals surface area contributed by atoms with E-state index < -0.39 is 39.7 Å². The molecule has 11 nitrogen and oxygen atoms in total. The van der Waals surface area contributed by atoms with E-state index in [1.165, 1.54) is 37.1 Å². The number of imidazole rings is 2. The zero-order valence-electron chi connectivity index (χ0n) is 18.6. The van der Waals surface area contributed by atoms with Gasteiger partial charge in [-0.15, -0.1) is 0 Å². The molecule has 2 aromatic heterocycles. The number of aliphatic carboxylic acids is 1. The van der Waals surface area contributed by atoms with Gasteiger partial charge in [-0.25, -0.2) is 36.8 Å². The number of nitrogens with one attached hydrogen (secondary N) is 1. The van der Waals surface area contributed by atoms with Crippen LogP contribution >= 0.6 is 0 Å². The Morgan fingerprint density at radius 3 is 2.45 bits per heavy atom. The number of aromatic nitrogens is 4. The van der Waals surface area contributed by atoms with Gasteiger partial charge in [0.25, 0.3) is 10.0 Å². The van der Waals surface area contributed by atoms with Crippen molar-refractivity contribution in [2.24, 2.45) is 0 Å². The van der Waals surface area contributed by atoms with Gasteiger partial charge in [0.2, 0.25) is 5.95 Å². The molecule has 3 aromatic rings. The number of ether oxygens (including phenoxy) is 1. The number of hydrogen-bond acceptors (Lipinski definition) is 7. The Kier molecular flexibility index (Phi) is 6.58. The van der Waals surface area contributed by atoms with Crippen LogP contribution in [0.25, 0.3) is 0 Å². The summed E-state index contributed by atoms with van der Waals surface area (Å²) >= 11 is 0. The number of aryl methyl sites for hydroxylation is 1. The molecule has 0 bridgehead atoms. The fourth-order valence-corrected chi connectivity index (χ4v) is 4.58. The second-order valence-electron chi connectivity index (χ2n) is 8.33. The van der Waals surface area contributed by atoms with Crippen LogP contribution in [0.1, 0.15) is 32.0 Å². The lowest BCUT2D eigenvalue weighted by Gasteiger charge is -2.29. The maximum atomic E-state index is 13.7.